The highest BCUT2D eigenvalue weighted by Gasteiger charge is 2.28. The molecule has 4 rings (SSSR count). The van der Waals surface area contributed by atoms with Gasteiger partial charge in [0.1, 0.15) is 23.9 Å². The molecule has 1 atom stereocenters. The van der Waals surface area contributed by atoms with E-state index in [1.54, 1.807) is 6.07 Å². The van der Waals surface area contributed by atoms with Gasteiger partial charge in [0.25, 0.3) is 0 Å². The lowest BCUT2D eigenvalue weighted by atomic mass is 9.86. The van der Waals surface area contributed by atoms with Crippen LogP contribution in [0.4, 0.5) is 0 Å². The van der Waals surface area contributed by atoms with Gasteiger partial charge in [0, 0.05) is 24.1 Å². The molecule has 1 fully saturated rings. The van der Waals surface area contributed by atoms with Crippen molar-refractivity contribution in [1.29, 1.82) is 0 Å². The average Bonchev–Trinajstić information content (AvgIpc) is 3.14. The van der Waals surface area contributed by atoms with E-state index in [0.717, 1.165) is 36.5 Å². The number of rotatable bonds is 5. The monoisotopic (exact) mass is 353 g/mol. The fourth-order valence-corrected chi connectivity index (χ4v) is 3.76. The molecule has 0 aromatic heterocycles. The molecule has 136 valence electrons. The summed E-state index contributed by atoms with van der Waals surface area (Å²) < 4.78 is 11.2. The number of phenols is 1. The Labute approximate surface area is 153 Å². The standard InChI is InChI=1S/C21H23NO4/c23-16-6-7-18-19(14-21(24)26-20(18)13-16)15-4-3-5-17(12-15)25-11-10-22-8-1-2-9-22/h3-7,12-13,19,23H,1-2,8-11,14H2. The normalized spacial score (nSPS) is 19.8. The van der Waals surface area contributed by atoms with Crippen LogP contribution in [0.5, 0.6) is 17.2 Å². The fourth-order valence-electron chi connectivity index (χ4n) is 3.76. The molecular formula is C21H23NO4. The van der Waals surface area contributed by atoms with E-state index in [0.29, 0.717) is 12.4 Å². The predicted molar refractivity (Wildman–Crippen MR) is 97.8 cm³/mol. The Balaban J connectivity index is 1.50. The Kier molecular flexibility index (Phi) is 4.80. The summed E-state index contributed by atoms with van der Waals surface area (Å²) in [7, 11) is 0. The largest absolute Gasteiger partial charge is 0.508 e. The number of carbonyl (C=O) groups excluding carboxylic acids is 1. The highest BCUT2D eigenvalue weighted by atomic mass is 16.5. The van der Waals surface area contributed by atoms with Crippen molar-refractivity contribution in [2.45, 2.75) is 25.2 Å². The number of likely N-dealkylation sites (tertiary alicyclic amines) is 1. The zero-order valence-electron chi connectivity index (χ0n) is 14.7. The van der Waals surface area contributed by atoms with Crippen LogP contribution in [0, 0.1) is 0 Å². The number of aromatic hydroxyl groups is 1. The van der Waals surface area contributed by atoms with E-state index in [4.69, 9.17) is 9.47 Å². The van der Waals surface area contributed by atoms with E-state index in [1.807, 2.05) is 30.3 Å². The molecule has 2 aliphatic rings. The lowest BCUT2D eigenvalue weighted by molar-refractivity contribution is -0.135. The number of hydrogen-bond donors (Lipinski definition) is 1. The maximum absolute atomic E-state index is 12.0. The number of fused-ring (bicyclic) bond motifs is 1. The second kappa shape index (κ2) is 7.38. The predicted octanol–water partition coefficient (Wildman–Crippen LogP) is 3.31. The zero-order chi connectivity index (χ0) is 17.9. The second-order valence-electron chi connectivity index (χ2n) is 6.92. The number of benzene rings is 2. The van der Waals surface area contributed by atoms with Crippen molar-refractivity contribution in [2.75, 3.05) is 26.2 Å². The van der Waals surface area contributed by atoms with Crippen LogP contribution in [0.1, 0.15) is 36.3 Å². The third-order valence-electron chi connectivity index (χ3n) is 5.10. The van der Waals surface area contributed by atoms with Crippen LogP contribution >= 0.6 is 0 Å². The molecule has 0 aliphatic carbocycles. The number of hydrogen-bond acceptors (Lipinski definition) is 5. The highest BCUT2D eigenvalue weighted by molar-refractivity contribution is 5.78. The quantitative estimate of drug-likeness (QED) is 0.660. The number of esters is 1. The zero-order valence-corrected chi connectivity index (χ0v) is 14.7. The van der Waals surface area contributed by atoms with Crippen molar-refractivity contribution in [2.24, 2.45) is 0 Å². The first-order valence-electron chi connectivity index (χ1n) is 9.18. The van der Waals surface area contributed by atoms with Crippen LogP contribution in [0.25, 0.3) is 0 Å². The lowest BCUT2D eigenvalue weighted by Gasteiger charge is -2.25. The van der Waals surface area contributed by atoms with Crippen LogP contribution in [-0.4, -0.2) is 42.2 Å². The van der Waals surface area contributed by atoms with Gasteiger partial charge in [-0.3, -0.25) is 9.69 Å². The van der Waals surface area contributed by atoms with E-state index in [-0.39, 0.29) is 24.1 Å². The molecule has 0 spiro atoms. The Hall–Kier alpha value is -2.53. The second-order valence-corrected chi connectivity index (χ2v) is 6.92. The molecule has 2 aromatic rings. The topological polar surface area (TPSA) is 59.0 Å². The Morgan fingerprint density at radius 1 is 1.15 bits per heavy atom. The molecule has 1 N–H and O–H groups in total. The number of phenolic OH excluding ortho intramolecular Hbond substituents is 1. The maximum Gasteiger partial charge on any atom is 0.312 e. The van der Waals surface area contributed by atoms with Crippen LogP contribution < -0.4 is 9.47 Å². The summed E-state index contributed by atoms with van der Waals surface area (Å²) in [5.74, 6) is 0.978. The van der Waals surface area contributed by atoms with E-state index < -0.39 is 0 Å². The highest BCUT2D eigenvalue weighted by Crippen LogP contribution is 2.40. The van der Waals surface area contributed by atoms with E-state index in [9.17, 15) is 9.90 Å². The molecule has 0 saturated carbocycles. The number of carbonyl (C=O) groups is 1. The first-order valence-corrected chi connectivity index (χ1v) is 9.18. The number of ether oxygens (including phenoxy) is 2. The fraction of sp³-hybridized carbons (Fsp3) is 0.381. The van der Waals surface area contributed by atoms with E-state index in [1.165, 1.54) is 18.9 Å². The minimum absolute atomic E-state index is 0.0889. The van der Waals surface area contributed by atoms with E-state index in [2.05, 4.69) is 4.90 Å². The van der Waals surface area contributed by atoms with Crippen molar-refractivity contribution < 1.29 is 19.4 Å². The molecule has 5 nitrogen and oxygen atoms in total. The van der Waals surface area contributed by atoms with Crippen molar-refractivity contribution in [1.82, 2.24) is 4.90 Å². The summed E-state index contributed by atoms with van der Waals surface area (Å²) in [4.78, 5) is 14.4. The van der Waals surface area contributed by atoms with Crippen molar-refractivity contribution >= 4 is 5.97 Å². The lowest BCUT2D eigenvalue weighted by Crippen LogP contribution is -2.25. The molecule has 2 heterocycles. The Morgan fingerprint density at radius 2 is 2.00 bits per heavy atom. The third-order valence-corrected chi connectivity index (χ3v) is 5.10. The van der Waals surface area contributed by atoms with Gasteiger partial charge in [-0.1, -0.05) is 18.2 Å². The molecule has 0 bridgehead atoms. The molecule has 0 amide bonds. The van der Waals surface area contributed by atoms with Gasteiger partial charge in [0.05, 0.1) is 6.42 Å². The third kappa shape index (κ3) is 3.68. The van der Waals surface area contributed by atoms with Crippen LogP contribution in [0.2, 0.25) is 0 Å². The van der Waals surface area contributed by atoms with Gasteiger partial charge >= 0.3 is 5.97 Å². The molecule has 2 aromatic carbocycles. The summed E-state index contributed by atoms with van der Waals surface area (Å²) in [6.07, 6.45) is 2.85. The van der Waals surface area contributed by atoms with Gasteiger partial charge < -0.3 is 14.6 Å². The molecular weight excluding hydrogens is 330 g/mol. The number of nitrogens with zero attached hydrogens (tertiary/aromatic N) is 1. The van der Waals surface area contributed by atoms with Crippen LogP contribution in [-0.2, 0) is 4.79 Å². The SMILES string of the molecule is O=C1CC(c2cccc(OCCN3CCCC3)c2)c2ccc(O)cc2O1. The van der Waals surface area contributed by atoms with Gasteiger partial charge in [0.2, 0.25) is 0 Å². The molecule has 26 heavy (non-hydrogen) atoms. The van der Waals surface area contributed by atoms with Gasteiger partial charge in [-0.15, -0.1) is 0 Å². The first kappa shape index (κ1) is 16.9. The molecule has 1 unspecified atom stereocenters. The average molecular weight is 353 g/mol. The summed E-state index contributed by atoms with van der Waals surface area (Å²) in [6.45, 7) is 3.94. The Morgan fingerprint density at radius 3 is 2.85 bits per heavy atom. The minimum Gasteiger partial charge on any atom is -0.508 e. The molecule has 0 radical (unpaired) electrons. The summed E-state index contributed by atoms with van der Waals surface area (Å²) >= 11 is 0. The van der Waals surface area contributed by atoms with Gasteiger partial charge in [-0.05, 0) is 49.7 Å². The maximum atomic E-state index is 12.0. The summed E-state index contributed by atoms with van der Waals surface area (Å²) in [5, 5.41) is 9.65. The van der Waals surface area contributed by atoms with Gasteiger partial charge in [0.15, 0.2) is 0 Å². The molecule has 1 saturated heterocycles. The van der Waals surface area contributed by atoms with Crippen molar-refractivity contribution in [3.63, 3.8) is 0 Å². The van der Waals surface area contributed by atoms with Crippen molar-refractivity contribution in [3.05, 3.63) is 53.6 Å². The summed E-state index contributed by atoms with van der Waals surface area (Å²) in [5.41, 5.74) is 1.93. The van der Waals surface area contributed by atoms with Gasteiger partial charge in [-0.2, -0.15) is 0 Å². The molecule has 5 heteroatoms. The van der Waals surface area contributed by atoms with Crippen LogP contribution in [0.15, 0.2) is 42.5 Å². The van der Waals surface area contributed by atoms with Crippen LogP contribution in [0.3, 0.4) is 0 Å². The summed E-state index contributed by atoms with van der Waals surface area (Å²) in [6, 6.07) is 12.9. The Bertz CT molecular complexity index is 798. The first-order chi connectivity index (χ1) is 12.7. The molecule has 2 aliphatic heterocycles. The van der Waals surface area contributed by atoms with E-state index >= 15 is 0 Å². The minimum atomic E-state index is -0.284. The van der Waals surface area contributed by atoms with Crippen molar-refractivity contribution in [3.8, 4) is 17.2 Å². The smallest absolute Gasteiger partial charge is 0.312 e. The van der Waals surface area contributed by atoms with Gasteiger partial charge in [-0.25, -0.2) is 0 Å².